The van der Waals surface area contributed by atoms with Crippen molar-refractivity contribution in [3.63, 3.8) is 0 Å². The lowest BCUT2D eigenvalue weighted by Crippen LogP contribution is -2.59. The molecule has 0 bridgehead atoms. The van der Waals surface area contributed by atoms with Gasteiger partial charge in [-0.3, -0.25) is 14.7 Å². The molecule has 5 nitrogen and oxygen atoms in total. The van der Waals surface area contributed by atoms with Gasteiger partial charge < -0.3 is 9.64 Å². The molecule has 3 heterocycles. The molecule has 2 saturated heterocycles. The van der Waals surface area contributed by atoms with Crippen LogP contribution in [-0.2, 0) is 22.6 Å². The van der Waals surface area contributed by atoms with Crippen LogP contribution in [0.4, 0.5) is 0 Å². The summed E-state index contributed by atoms with van der Waals surface area (Å²) in [5, 5.41) is 0. The van der Waals surface area contributed by atoms with Crippen LogP contribution in [-0.4, -0.2) is 52.5 Å². The minimum absolute atomic E-state index is 0.0490. The van der Waals surface area contributed by atoms with E-state index in [1.54, 1.807) is 6.20 Å². The summed E-state index contributed by atoms with van der Waals surface area (Å²) in [5.74, 6) is 0.0419. The quantitative estimate of drug-likeness (QED) is 0.622. The van der Waals surface area contributed by atoms with Gasteiger partial charge in [-0.2, -0.15) is 0 Å². The number of pyridine rings is 1. The van der Waals surface area contributed by atoms with E-state index < -0.39 is 5.60 Å². The SMILES string of the molecule is Cc1cccc(CN2C[C@H](c3cccnc3)[C@@]3(C2)OCCN(Cc2ccccc2)C3=O)c1. The van der Waals surface area contributed by atoms with Gasteiger partial charge in [-0.1, -0.05) is 66.2 Å². The molecule has 0 saturated carbocycles. The molecule has 0 radical (unpaired) electrons. The van der Waals surface area contributed by atoms with E-state index in [9.17, 15) is 4.79 Å². The number of amides is 1. The van der Waals surface area contributed by atoms with Crippen LogP contribution in [0.2, 0.25) is 0 Å². The van der Waals surface area contributed by atoms with Gasteiger partial charge in [0, 0.05) is 51.0 Å². The van der Waals surface area contributed by atoms with E-state index in [1.165, 1.54) is 11.1 Å². The lowest BCUT2D eigenvalue weighted by molar-refractivity contribution is -0.173. The summed E-state index contributed by atoms with van der Waals surface area (Å²) < 4.78 is 6.40. The molecule has 1 amide bonds. The Hall–Kier alpha value is -3.02. The first-order chi connectivity index (χ1) is 15.6. The van der Waals surface area contributed by atoms with Crippen LogP contribution in [0.25, 0.3) is 0 Å². The highest BCUT2D eigenvalue weighted by Crippen LogP contribution is 2.42. The Morgan fingerprint density at radius 2 is 1.88 bits per heavy atom. The smallest absolute Gasteiger partial charge is 0.257 e. The number of carbonyl (C=O) groups excluding carboxylic acids is 1. The van der Waals surface area contributed by atoms with Gasteiger partial charge >= 0.3 is 0 Å². The number of rotatable bonds is 5. The Kier molecular flexibility index (Phi) is 5.77. The van der Waals surface area contributed by atoms with Crippen molar-refractivity contribution in [1.29, 1.82) is 0 Å². The Morgan fingerprint density at radius 1 is 1.03 bits per heavy atom. The van der Waals surface area contributed by atoms with E-state index in [4.69, 9.17) is 4.74 Å². The first kappa shape index (κ1) is 20.9. The molecule has 32 heavy (non-hydrogen) atoms. The fraction of sp³-hybridized carbons (Fsp3) is 0.333. The van der Waals surface area contributed by atoms with Gasteiger partial charge in [-0.05, 0) is 29.7 Å². The van der Waals surface area contributed by atoms with Gasteiger partial charge in [-0.25, -0.2) is 0 Å². The summed E-state index contributed by atoms with van der Waals surface area (Å²) in [6, 6.07) is 22.8. The highest BCUT2D eigenvalue weighted by Gasteiger charge is 2.56. The topological polar surface area (TPSA) is 45.7 Å². The van der Waals surface area contributed by atoms with Crippen LogP contribution < -0.4 is 0 Å². The maximum Gasteiger partial charge on any atom is 0.257 e. The molecule has 2 aliphatic heterocycles. The number of morpholine rings is 1. The molecule has 2 aromatic carbocycles. The van der Waals surface area contributed by atoms with Crippen molar-refractivity contribution in [2.45, 2.75) is 31.5 Å². The molecule has 1 aromatic heterocycles. The van der Waals surface area contributed by atoms with E-state index in [0.29, 0.717) is 26.2 Å². The molecule has 1 spiro atoms. The highest BCUT2D eigenvalue weighted by atomic mass is 16.5. The third-order valence-electron chi connectivity index (χ3n) is 6.62. The summed E-state index contributed by atoms with van der Waals surface area (Å²) in [6.45, 7) is 6.05. The molecular weight excluding hydrogens is 398 g/mol. The van der Waals surface area contributed by atoms with Crippen LogP contribution >= 0.6 is 0 Å². The molecule has 2 fully saturated rings. The van der Waals surface area contributed by atoms with Crippen LogP contribution in [0.1, 0.15) is 28.2 Å². The van der Waals surface area contributed by atoms with Crippen molar-refractivity contribution in [2.75, 3.05) is 26.2 Å². The van der Waals surface area contributed by atoms with E-state index in [1.807, 2.05) is 35.4 Å². The molecule has 0 aliphatic carbocycles. The molecule has 0 N–H and O–H groups in total. The van der Waals surface area contributed by atoms with Crippen molar-refractivity contribution >= 4 is 5.91 Å². The van der Waals surface area contributed by atoms with Crippen molar-refractivity contribution in [1.82, 2.24) is 14.8 Å². The molecule has 164 valence electrons. The number of nitrogens with zero attached hydrogens (tertiary/aromatic N) is 3. The number of hydrogen-bond donors (Lipinski definition) is 0. The summed E-state index contributed by atoms with van der Waals surface area (Å²) in [6.07, 6.45) is 3.66. The summed E-state index contributed by atoms with van der Waals surface area (Å²) in [4.78, 5) is 22.6. The van der Waals surface area contributed by atoms with Gasteiger partial charge in [0.2, 0.25) is 0 Å². The molecular formula is C27H29N3O2. The van der Waals surface area contributed by atoms with Crippen LogP contribution in [0.15, 0.2) is 79.1 Å². The zero-order valence-corrected chi connectivity index (χ0v) is 18.5. The number of aromatic nitrogens is 1. The number of aryl methyl sites for hydroxylation is 1. The van der Waals surface area contributed by atoms with Crippen molar-refractivity contribution < 1.29 is 9.53 Å². The highest BCUT2D eigenvalue weighted by molar-refractivity contribution is 5.88. The third kappa shape index (κ3) is 4.06. The number of ether oxygens (including phenoxy) is 1. The van der Waals surface area contributed by atoms with Gasteiger partial charge in [0.1, 0.15) is 0 Å². The predicted molar refractivity (Wildman–Crippen MR) is 124 cm³/mol. The van der Waals surface area contributed by atoms with Crippen molar-refractivity contribution in [3.8, 4) is 0 Å². The Balaban J connectivity index is 1.45. The Bertz CT molecular complexity index is 1070. The normalized spacial score (nSPS) is 23.7. The fourth-order valence-electron chi connectivity index (χ4n) is 5.14. The van der Waals surface area contributed by atoms with E-state index in [0.717, 1.165) is 24.2 Å². The van der Waals surface area contributed by atoms with Gasteiger partial charge in [0.05, 0.1) is 6.61 Å². The molecule has 2 atom stereocenters. The molecule has 0 unspecified atom stereocenters. The summed E-state index contributed by atoms with van der Waals surface area (Å²) in [7, 11) is 0. The second-order valence-corrected chi connectivity index (χ2v) is 8.95. The average molecular weight is 428 g/mol. The average Bonchev–Trinajstić information content (AvgIpc) is 3.17. The zero-order chi connectivity index (χ0) is 22.0. The van der Waals surface area contributed by atoms with Crippen molar-refractivity contribution in [3.05, 3.63) is 101 Å². The van der Waals surface area contributed by atoms with E-state index in [-0.39, 0.29) is 11.8 Å². The van der Waals surface area contributed by atoms with E-state index >= 15 is 0 Å². The van der Waals surface area contributed by atoms with E-state index in [2.05, 4.69) is 59.3 Å². The van der Waals surface area contributed by atoms with Crippen molar-refractivity contribution in [2.24, 2.45) is 0 Å². The molecule has 5 rings (SSSR count). The Morgan fingerprint density at radius 3 is 2.66 bits per heavy atom. The fourth-order valence-corrected chi connectivity index (χ4v) is 5.14. The van der Waals surface area contributed by atoms with Crippen LogP contribution in [0, 0.1) is 6.92 Å². The van der Waals surface area contributed by atoms with Crippen LogP contribution in [0.3, 0.4) is 0 Å². The Labute approximate surface area is 189 Å². The molecule has 5 heteroatoms. The van der Waals surface area contributed by atoms with Crippen LogP contribution in [0.5, 0.6) is 0 Å². The maximum absolute atomic E-state index is 13.9. The summed E-state index contributed by atoms with van der Waals surface area (Å²) >= 11 is 0. The number of hydrogen-bond acceptors (Lipinski definition) is 4. The summed E-state index contributed by atoms with van der Waals surface area (Å²) in [5.41, 5.74) is 3.84. The predicted octanol–water partition coefficient (Wildman–Crippen LogP) is 3.79. The minimum Gasteiger partial charge on any atom is -0.361 e. The molecule has 2 aliphatic rings. The number of likely N-dealkylation sites (tertiary alicyclic amines) is 1. The second-order valence-electron chi connectivity index (χ2n) is 8.95. The lowest BCUT2D eigenvalue weighted by atomic mass is 9.83. The number of benzene rings is 2. The van der Waals surface area contributed by atoms with Gasteiger partial charge in [0.15, 0.2) is 5.60 Å². The third-order valence-corrected chi connectivity index (χ3v) is 6.62. The number of carbonyl (C=O) groups is 1. The standard InChI is InChI=1S/C27H29N3O2/c1-21-7-5-10-23(15-21)17-29-19-25(24-11-6-12-28-16-24)27(20-29)26(31)30(13-14-32-27)18-22-8-3-2-4-9-22/h2-12,15-16,25H,13-14,17-20H2,1H3/t25-,27-/m1/s1. The second kappa shape index (κ2) is 8.85. The zero-order valence-electron chi connectivity index (χ0n) is 18.5. The lowest BCUT2D eigenvalue weighted by Gasteiger charge is -2.42. The first-order valence-electron chi connectivity index (χ1n) is 11.3. The molecule has 3 aromatic rings. The van der Waals surface area contributed by atoms with Gasteiger partial charge in [0.25, 0.3) is 5.91 Å². The largest absolute Gasteiger partial charge is 0.361 e. The first-order valence-corrected chi connectivity index (χ1v) is 11.3. The van der Waals surface area contributed by atoms with Gasteiger partial charge in [-0.15, -0.1) is 0 Å². The minimum atomic E-state index is -0.875. The monoisotopic (exact) mass is 427 g/mol. The maximum atomic E-state index is 13.9.